The van der Waals surface area contributed by atoms with Gasteiger partial charge in [0.2, 0.25) is 0 Å². The molecule has 118 valence electrons. The van der Waals surface area contributed by atoms with Crippen molar-refractivity contribution in [2.24, 2.45) is 5.92 Å². The van der Waals surface area contributed by atoms with E-state index in [1.54, 1.807) is 0 Å². The van der Waals surface area contributed by atoms with E-state index in [1.165, 1.54) is 51.6 Å². The lowest BCUT2D eigenvalue weighted by molar-refractivity contribution is -0.0561. The molecule has 0 aromatic carbocycles. The van der Waals surface area contributed by atoms with Crippen LogP contribution in [0.3, 0.4) is 0 Å². The maximum Gasteiger partial charge on any atom is 0.0674 e. The second-order valence-electron chi connectivity index (χ2n) is 6.91. The zero-order valence-electron chi connectivity index (χ0n) is 13.7. The molecule has 3 heteroatoms. The average Bonchev–Trinajstić information content (AvgIpc) is 2.66. The van der Waals surface area contributed by atoms with E-state index >= 15 is 0 Å². The quantitative estimate of drug-likeness (QED) is 0.784. The van der Waals surface area contributed by atoms with Gasteiger partial charge in [-0.2, -0.15) is 0 Å². The number of ether oxygens (including phenoxy) is 1. The molecule has 1 heterocycles. The van der Waals surface area contributed by atoms with Gasteiger partial charge in [0.15, 0.2) is 0 Å². The minimum atomic E-state index is 0.402. The second-order valence-corrected chi connectivity index (χ2v) is 6.91. The van der Waals surface area contributed by atoms with Crippen LogP contribution in [-0.4, -0.2) is 49.3 Å². The third kappa shape index (κ3) is 4.71. The number of hydrogen-bond acceptors (Lipinski definition) is 3. The molecular weight excluding hydrogens is 248 g/mol. The Morgan fingerprint density at radius 3 is 2.75 bits per heavy atom. The molecule has 2 rings (SSSR count). The summed E-state index contributed by atoms with van der Waals surface area (Å²) in [7, 11) is 0. The summed E-state index contributed by atoms with van der Waals surface area (Å²) < 4.78 is 5.77. The first-order valence-corrected chi connectivity index (χ1v) is 8.79. The van der Waals surface area contributed by atoms with Crippen LogP contribution in [0.1, 0.15) is 59.3 Å². The van der Waals surface area contributed by atoms with Crippen LogP contribution in [0.4, 0.5) is 0 Å². The molecule has 3 nitrogen and oxygen atoms in total. The van der Waals surface area contributed by atoms with Crippen LogP contribution in [-0.2, 0) is 4.74 Å². The van der Waals surface area contributed by atoms with Crippen molar-refractivity contribution in [2.75, 3.05) is 26.2 Å². The summed E-state index contributed by atoms with van der Waals surface area (Å²) in [5.41, 5.74) is 0. The first-order valence-electron chi connectivity index (χ1n) is 8.79. The van der Waals surface area contributed by atoms with Crippen LogP contribution in [0, 0.1) is 5.92 Å². The van der Waals surface area contributed by atoms with Gasteiger partial charge >= 0.3 is 0 Å². The van der Waals surface area contributed by atoms with Gasteiger partial charge in [-0.1, -0.05) is 26.2 Å². The molecule has 0 amide bonds. The van der Waals surface area contributed by atoms with Crippen LogP contribution in [0.5, 0.6) is 0 Å². The number of rotatable bonds is 5. The maximum atomic E-state index is 5.77. The van der Waals surface area contributed by atoms with Crippen molar-refractivity contribution in [1.82, 2.24) is 10.2 Å². The van der Waals surface area contributed by atoms with E-state index in [1.807, 2.05) is 0 Å². The number of hydrogen-bond donors (Lipinski definition) is 1. The highest BCUT2D eigenvalue weighted by Crippen LogP contribution is 2.26. The van der Waals surface area contributed by atoms with Crippen LogP contribution in [0.15, 0.2) is 0 Å². The Labute approximate surface area is 125 Å². The van der Waals surface area contributed by atoms with Crippen molar-refractivity contribution < 1.29 is 4.74 Å². The molecule has 20 heavy (non-hydrogen) atoms. The second kappa shape index (κ2) is 8.35. The molecule has 0 radical (unpaired) electrons. The smallest absolute Gasteiger partial charge is 0.0674 e. The molecule has 0 spiro atoms. The van der Waals surface area contributed by atoms with Crippen molar-refractivity contribution in [1.29, 1.82) is 0 Å². The standard InChI is InChI=1S/C17H34N2O/c1-4-10-18-17-9-7-5-6-8-16(17)12-19-11-15(3)20-13-14(19)2/h14-18H,4-13H2,1-3H3. The first-order chi connectivity index (χ1) is 9.70. The number of nitrogens with one attached hydrogen (secondary N) is 1. The molecule has 1 N–H and O–H groups in total. The topological polar surface area (TPSA) is 24.5 Å². The van der Waals surface area contributed by atoms with Gasteiger partial charge in [-0.15, -0.1) is 0 Å². The Morgan fingerprint density at radius 1 is 1.15 bits per heavy atom. The average molecular weight is 282 g/mol. The highest BCUT2D eigenvalue weighted by Gasteiger charge is 2.29. The molecule has 1 aliphatic carbocycles. The fourth-order valence-electron chi connectivity index (χ4n) is 3.73. The predicted octanol–water partition coefficient (Wildman–Crippen LogP) is 3.04. The van der Waals surface area contributed by atoms with Gasteiger partial charge in [0.25, 0.3) is 0 Å². The van der Waals surface area contributed by atoms with Gasteiger partial charge in [0.05, 0.1) is 12.7 Å². The molecular formula is C17H34N2O. The van der Waals surface area contributed by atoms with Gasteiger partial charge < -0.3 is 10.1 Å². The molecule has 0 aromatic rings. The van der Waals surface area contributed by atoms with E-state index in [9.17, 15) is 0 Å². The van der Waals surface area contributed by atoms with Gasteiger partial charge in [-0.25, -0.2) is 0 Å². The lowest BCUT2D eigenvalue weighted by Gasteiger charge is -2.40. The van der Waals surface area contributed by atoms with Crippen molar-refractivity contribution in [3.8, 4) is 0 Å². The van der Waals surface area contributed by atoms with Crippen LogP contribution >= 0.6 is 0 Å². The summed E-state index contributed by atoms with van der Waals surface area (Å²) in [4.78, 5) is 2.67. The SMILES string of the molecule is CCCNC1CCCCCC1CN1CC(C)OCC1C. The molecule has 0 bridgehead atoms. The Morgan fingerprint density at radius 2 is 1.95 bits per heavy atom. The lowest BCUT2D eigenvalue weighted by atomic mass is 9.93. The summed E-state index contributed by atoms with van der Waals surface area (Å²) in [6, 6.07) is 1.32. The third-order valence-corrected chi connectivity index (χ3v) is 5.02. The fraction of sp³-hybridized carbons (Fsp3) is 1.00. The zero-order chi connectivity index (χ0) is 14.4. The zero-order valence-corrected chi connectivity index (χ0v) is 13.7. The maximum absolute atomic E-state index is 5.77. The molecule has 1 saturated carbocycles. The minimum absolute atomic E-state index is 0.402. The van der Waals surface area contributed by atoms with Gasteiger partial charge in [-0.3, -0.25) is 4.90 Å². The molecule has 4 unspecified atom stereocenters. The normalized spacial score (nSPS) is 36.8. The molecule has 2 aliphatic rings. The van der Waals surface area contributed by atoms with E-state index < -0.39 is 0 Å². The van der Waals surface area contributed by atoms with E-state index in [4.69, 9.17) is 4.74 Å². The molecule has 1 saturated heterocycles. The Kier molecular flexibility index (Phi) is 6.79. The summed E-state index contributed by atoms with van der Waals surface area (Å²) in [6.45, 7) is 11.2. The van der Waals surface area contributed by atoms with Crippen molar-refractivity contribution in [3.05, 3.63) is 0 Å². The Bertz CT molecular complexity index is 272. The highest BCUT2D eigenvalue weighted by molar-refractivity contribution is 4.85. The molecule has 2 fully saturated rings. The van der Waals surface area contributed by atoms with Crippen molar-refractivity contribution in [2.45, 2.75) is 77.5 Å². The fourth-order valence-corrected chi connectivity index (χ4v) is 3.73. The largest absolute Gasteiger partial charge is 0.376 e. The molecule has 4 atom stereocenters. The van der Waals surface area contributed by atoms with Gasteiger partial charge in [-0.05, 0) is 45.6 Å². The van der Waals surface area contributed by atoms with E-state index in [2.05, 4.69) is 31.0 Å². The number of nitrogens with zero attached hydrogens (tertiary/aromatic N) is 1. The highest BCUT2D eigenvalue weighted by atomic mass is 16.5. The molecule has 1 aliphatic heterocycles. The monoisotopic (exact) mass is 282 g/mol. The Balaban J connectivity index is 1.91. The van der Waals surface area contributed by atoms with Crippen molar-refractivity contribution >= 4 is 0 Å². The minimum Gasteiger partial charge on any atom is -0.376 e. The van der Waals surface area contributed by atoms with Crippen molar-refractivity contribution in [3.63, 3.8) is 0 Å². The van der Waals surface area contributed by atoms with Gasteiger partial charge in [0.1, 0.15) is 0 Å². The predicted molar refractivity (Wildman–Crippen MR) is 85.1 cm³/mol. The lowest BCUT2D eigenvalue weighted by Crippen LogP contribution is -2.51. The van der Waals surface area contributed by atoms with Crippen LogP contribution in [0.25, 0.3) is 0 Å². The summed E-state index contributed by atoms with van der Waals surface area (Å²) >= 11 is 0. The van der Waals surface area contributed by atoms with Crippen LogP contribution < -0.4 is 5.32 Å². The van der Waals surface area contributed by atoms with E-state index in [0.717, 1.165) is 25.1 Å². The molecule has 0 aromatic heterocycles. The first kappa shape index (κ1) is 16.3. The summed E-state index contributed by atoms with van der Waals surface area (Å²) in [6.07, 6.45) is 8.68. The van der Waals surface area contributed by atoms with E-state index in [0.29, 0.717) is 12.1 Å². The van der Waals surface area contributed by atoms with E-state index in [-0.39, 0.29) is 0 Å². The third-order valence-electron chi connectivity index (χ3n) is 5.02. The summed E-state index contributed by atoms with van der Waals surface area (Å²) in [5.74, 6) is 0.830. The Hall–Kier alpha value is -0.120. The van der Waals surface area contributed by atoms with Gasteiger partial charge in [0, 0.05) is 25.2 Å². The summed E-state index contributed by atoms with van der Waals surface area (Å²) in [5, 5.41) is 3.82. The number of morpholine rings is 1. The van der Waals surface area contributed by atoms with Crippen LogP contribution in [0.2, 0.25) is 0 Å².